The molecule has 3 heteroatoms. The van der Waals surface area contributed by atoms with Crippen LogP contribution >= 0.6 is 0 Å². The molecule has 0 aliphatic carbocycles. The van der Waals surface area contributed by atoms with Crippen LogP contribution < -0.4 is 0 Å². The normalized spacial score (nSPS) is 16.9. The van der Waals surface area contributed by atoms with Gasteiger partial charge in [0.25, 0.3) is 0 Å². The van der Waals surface area contributed by atoms with Gasteiger partial charge in [-0.3, -0.25) is 4.79 Å². The largest absolute Gasteiger partial charge is 0.374 e. The fourth-order valence-corrected chi connectivity index (χ4v) is 2.18. The average molecular weight is 245 g/mol. The highest BCUT2D eigenvalue weighted by atomic mass is 16.5. The number of hydrogen-bond acceptors (Lipinski definition) is 2. The molecule has 2 rings (SSSR count). The summed E-state index contributed by atoms with van der Waals surface area (Å²) < 4.78 is 5.67. The Labute approximate surface area is 108 Å². The first kappa shape index (κ1) is 12.8. The molecule has 1 atom stereocenters. The lowest BCUT2D eigenvalue weighted by Crippen LogP contribution is -2.37. The summed E-state index contributed by atoms with van der Waals surface area (Å²) in [6.45, 7) is 5.71. The summed E-state index contributed by atoms with van der Waals surface area (Å²) in [5, 5.41) is 0. The maximum absolute atomic E-state index is 11.6. The zero-order chi connectivity index (χ0) is 12.8. The Morgan fingerprint density at radius 3 is 2.78 bits per heavy atom. The van der Waals surface area contributed by atoms with Crippen molar-refractivity contribution in [2.45, 2.75) is 25.5 Å². The molecule has 0 N–H and O–H groups in total. The second-order valence-electron chi connectivity index (χ2n) is 4.49. The van der Waals surface area contributed by atoms with Gasteiger partial charge in [-0.15, -0.1) is 6.58 Å². The molecule has 1 aliphatic rings. The topological polar surface area (TPSA) is 29.5 Å². The van der Waals surface area contributed by atoms with E-state index in [1.165, 1.54) is 0 Å². The van der Waals surface area contributed by atoms with Crippen LogP contribution in [-0.4, -0.2) is 30.0 Å². The van der Waals surface area contributed by atoms with Crippen molar-refractivity contribution in [1.82, 2.24) is 4.90 Å². The highest BCUT2D eigenvalue weighted by molar-refractivity contribution is 5.78. The summed E-state index contributed by atoms with van der Waals surface area (Å²) in [5.41, 5.74) is 1.15. The smallest absolute Gasteiger partial charge is 0.223 e. The minimum absolute atomic E-state index is 0.00344. The molecule has 0 unspecified atom stereocenters. The molecule has 1 aromatic rings. The van der Waals surface area contributed by atoms with Crippen LogP contribution in [0, 0.1) is 0 Å². The number of ether oxygens (including phenoxy) is 1. The van der Waals surface area contributed by atoms with Crippen molar-refractivity contribution in [1.29, 1.82) is 0 Å². The maximum Gasteiger partial charge on any atom is 0.223 e. The molecule has 0 aromatic heterocycles. The van der Waals surface area contributed by atoms with Crippen molar-refractivity contribution in [2.75, 3.05) is 13.2 Å². The quantitative estimate of drug-likeness (QED) is 0.720. The van der Waals surface area contributed by atoms with E-state index < -0.39 is 0 Å². The van der Waals surface area contributed by atoms with Crippen molar-refractivity contribution < 1.29 is 9.53 Å². The van der Waals surface area contributed by atoms with Gasteiger partial charge in [-0.1, -0.05) is 36.4 Å². The van der Waals surface area contributed by atoms with Gasteiger partial charge in [-0.25, -0.2) is 0 Å². The lowest BCUT2D eigenvalue weighted by Gasteiger charge is -2.24. The van der Waals surface area contributed by atoms with Crippen LogP contribution in [0.5, 0.6) is 0 Å². The third-order valence-corrected chi connectivity index (χ3v) is 3.18. The van der Waals surface area contributed by atoms with E-state index in [-0.39, 0.29) is 11.9 Å². The molecule has 1 aliphatic heterocycles. The number of amides is 1. The van der Waals surface area contributed by atoms with E-state index in [1.807, 2.05) is 35.2 Å². The fraction of sp³-hybridized carbons (Fsp3) is 0.400. The molecule has 1 heterocycles. The van der Waals surface area contributed by atoms with Crippen LogP contribution in [0.25, 0.3) is 0 Å². The SMILES string of the molecule is C=C[C@@H](COCc1ccccc1)N1CCCC1=O. The Bertz CT molecular complexity index is 402. The molecular weight excluding hydrogens is 226 g/mol. The van der Waals surface area contributed by atoms with E-state index in [2.05, 4.69) is 6.58 Å². The van der Waals surface area contributed by atoms with Crippen LogP contribution in [0.1, 0.15) is 18.4 Å². The molecule has 96 valence electrons. The third-order valence-electron chi connectivity index (χ3n) is 3.18. The Balaban J connectivity index is 1.81. The minimum Gasteiger partial charge on any atom is -0.374 e. The van der Waals surface area contributed by atoms with Crippen LogP contribution in [0.2, 0.25) is 0 Å². The predicted octanol–water partition coefficient (Wildman–Crippen LogP) is 2.38. The first-order valence-electron chi connectivity index (χ1n) is 6.35. The van der Waals surface area contributed by atoms with E-state index in [1.54, 1.807) is 6.08 Å². The zero-order valence-electron chi connectivity index (χ0n) is 10.5. The third kappa shape index (κ3) is 3.20. The molecule has 0 radical (unpaired) electrons. The van der Waals surface area contributed by atoms with E-state index in [0.717, 1.165) is 18.5 Å². The second-order valence-corrected chi connectivity index (χ2v) is 4.49. The Kier molecular flexibility index (Phi) is 4.53. The molecule has 18 heavy (non-hydrogen) atoms. The monoisotopic (exact) mass is 245 g/mol. The van der Waals surface area contributed by atoms with Gasteiger partial charge in [0.2, 0.25) is 5.91 Å². The van der Waals surface area contributed by atoms with E-state index >= 15 is 0 Å². The summed E-state index contributed by atoms with van der Waals surface area (Å²) in [6.07, 6.45) is 3.40. The molecule has 1 fully saturated rings. The predicted molar refractivity (Wildman–Crippen MR) is 71.0 cm³/mol. The lowest BCUT2D eigenvalue weighted by molar-refractivity contribution is -0.129. The molecule has 0 saturated carbocycles. The summed E-state index contributed by atoms with van der Waals surface area (Å²) in [5.74, 6) is 0.211. The van der Waals surface area contributed by atoms with Crippen molar-refractivity contribution in [2.24, 2.45) is 0 Å². The van der Waals surface area contributed by atoms with Gasteiger partial charge < -0.3 is 9.64 Å². The van der Waals surface area contributed by atoms with Crippen molar-refractivity contribution in [3.05, 3.63) is 48.6 Å². The Morgan fingerprint density at radius 2 is 2.17 bits per heavy atom. The summed E-state index contributed by atoms with van der Waals surface area (Å²) in [7, 11) is 0. The van der Waals surface area contributed by atoms with Gasteiger partial charge >= 0.3 is 0 Å². The molecular formula is C15H19NO2. The van der Waals surface area contributed by atoms with Crippen LogP contribution in [-0.2, 0) is 16.1 Å². The lowest BCUT2D eigenvalue weighted by atomic mass is 10.2. The summed E-state index contributed by atoms with van der Waals surface area (Å²) in [6, 6.07) is 10.0. The van der Waals surface area contributed by atoms with Crippen molar-refractivity contribution >= 4 is 5.91 Å². The maximum atomic E-state index is 11.6. The average Bonchev–Trinajstić information content (AvgIpc) is 2.82. The summed E-state index contributed by atoms with van der Waals surface area (Å²) >= 11 is 0. The van der Waals surface area contributed by atoms with E-state index in [4.69, 9.17) is 4.74 Å². The van der Waals surface area contributed by atoms with Crippen molar-refractivity contribution in [3.63, 3.8) is 0 Å². The van der Waals surface area contributed by atoms with Crippen LogP contribution in [0.15, 0.2) is 43.0 Å². The number of benzene rings is 1. The van der Waals surface area contributed by atoms with Gasteiger partial charge in [0.15, 0.2) is 0 Å². The van der Waals surface area contributed by atoms with Gasteiger partial charge in [0.05, 0.1) is 19.3 Å². The molecule has 0 spiro atoms. The Morgan fingerprint density at radius 1 is 1.39 bits per heavy atom. The van der Waals surface area contributed by atoms with Gasteiger partial charge in [0, 0.05) is 13.0 Å². The molecule has 0 bridgehead atoms. The number of nitrogens with zero attached hydrogens (tertiary/aromatic N) is 1. The highest BCUT2D eigenvalue weighted by Crippen LogP contribution is 2.15. The molecule has 3 nitrogen and oxygen atoms in total. The first-order valence-corrected chi connectivity index (χ1v) is 6.35. The molecule has 1 saturated heterocycles. The highest BCUT2D eigenvalue weighted by Gasteiger charge is 2.25. The van der Waals surface area contributed by atoms with E-state index in [9.17, 15) is 4.79 Å². The van der Waals surface area contributed by atoms with Gasteiger partial charge in [-0.05, 0) is 12.0 Å². The number of hydrogen-bond donors (Lipinski definition) is 0. The molecule has 1 aromatic carbocycles. The minimum atomic E-state index is 0.00344. The zero-order valence-corrected chi connectivity index (χ0v) is 10.5. The first-order chi connectivity index (χ1) is 8.81. The fourth-order valence-electron chi connectivity index (χ4n) is 2.18. The second kappa shape index (κ2) is 6.36. The van der Waals surface area contributed by atoms with Gasteiger partial charge in [-0.2, -0.15) is 0 Å². The number of rotatable bonds is 6. The number of carbonyl (C=O) groups excluding carboxylic acids is 1. The number of likely N-dealkylation sites (tertiary alicyclic amines) is 1. The summed E-state index contributed by atoms with van der Waals surface area (Å²) in [4.78, 5) is 13.5. The standard InChI is InChI=1S/C15H19NO2/c1-2-14(16-10-6-9-15(16)17)12-18-11-13-7-4-3-5-8-13/h2-5,7-8,14H,1,6,9-12H2/t14-/m0/s1. The Hall–Kier alpha value is -1.61. The molecule has 1 amide bonds. The van der Waals surface area contributed by atoms with E-state index in [0.29, 0.717) is 19.6 Å². The van der Waals surface area contributed by atoms with Crippen LogP contribution in [0.3, 0.4) is 0 Å². The van der Waals surface area contributed by atoms with Crippen molar-refractivity contribution in [3.8, 4) is 0 Å². The van der Waals surface area contributed by atoms with Crippen LogP contribution in [0.4, 0.5) is 0 Å². The van der Waals surface area contributed by atoms with Gasteiger partial charge in [0.1, 0.15) is 0 Å². The number of carbonyl (C=O) groups is 1.